The van der Waals surface area contributed by atoms with Gasteiger partial charge in [0.15, 0.2) is 0 Å². The smallest absolute Gasteiger partial charge is 0.128 e. The van der Waals surface area contributed by atoms with Gasteiger partial charge in [0.2, 0.25) is 0 Å². The highest BCUT2D eigenvalue weighted by Gasteiger charge is 2.11. The number of hydrogen-bond acceptors (Lipinski definition) is 2. The van der Waals surface area contributed by atoms with Gasteiger partial charge in [-0.2, -0.15) is 0 Å². The molecule has 0 radical (unpaired) electrons. The fraction of sp³-hybridized carbons (Fsp3) is 0.125. The fourth-order valence-electron chi connectivity index (χ4n) is 2.23. The van der Waals surface area contributed by atoms with E-state index in [4.69, 9.17) is 0 Å². The zero-order valence-electron chi connectivity index (χ0n) is 10.9. The van der Waals surface area contributed by atoms with E-state index in [0.717, 1.165) is 10.2 Å². The van der Waals surface area contributed by atoms with E-state index in [2.05, 4.69) is 44.8 Å². The lowest BCUT2D eigenvalue weighted by atomic mass is 10.1. The molecule has 0 spiro atoms. The first-order valence-corrected chi connectivity index (χ1v) is 7.99. The molecule has 1 unspecified atom stereocenters. The van der Waals surface area contributed by atoms with Gasteiger partial charge in [0.1, 0.15) is 5.82 Å². The topological polar surface area (TPSA) is 12.0 Å². The van der Waals surface area contributed by atoms with Gasteiger partial charge in [0.25, 0.3) is 0 Å². The number of halogens is 2. The van der Waals surface area contributed by atoms with Gasteiger partial charge in [0, 0.05) is 20.4 Å². The average Bonchev–Trinajstić information content (AvgIpc) is 2.89. The summed E-state index contributed by atoms with van der Waals surface area (Å²) in [6.45, 7) is 1.96. The largest absolute Gasteiger partial charge is 0.378 e. The van der Waals surface area contributed by atoms with Crippen molar-refractivity contribution in [3.8, 4) is 0 Å². The summed E-state index contributed by atoms with van der Waals surface area (Å²) < 4.78 is 16.0. The van der Waals surface area contributed by atoms with Crippen LogP contribution in [0.4, 0.5) is 10.1 Å². The molecule has 0 fully saturated rings. The molecule has 102 valence electrons. The second-order valence-electron chi connectivity index (χ2n) is 4.71. The lowest BCUT2D eigenvalue weighted by molar-refractivity contribution is 0.600. The van der Waals surface area contributed by atoms with Gasteiger partial charge in [-0.3, -0.25) is 0 Å². The molecule has 3 rings (SSSR count). The predicted molar refractivity (Wildman–Crippen MR) is 88.0 cm³/mol. The maximum atomic E-state index is 13.9. The molecule has 0 amide bonds. The lowest BCUT2D eigenvalue weighted by Crippen LogP contribution is -2.08. The van der Waals surface area contributed by atoms with Crippen LogP contribution in [0.3, 0.4) is 0 Å². The van der Waals surface area contributed by atoms with Crippen molar-refractivity contribution in [2.75, 3.05) is 5.32 Å². The Balaban J connectivity index is 1.87. The summed E-state index contributed by atoms with van der Waals surface area (Å²) in [4.78, 5) is 0. The average molecular weight is 350 g/mol. The highest BCUT2D eigenvalue weighted by Crippen LogP contribution is 2.28. The summed E-state index contributed by atoms with van der Waals surface area (Å²) in [6, 6.07) is 13.2. The van der Waals surface area contributed by atoms with Gasteiger partial charge < -0.3 is 5.32 Å². The molecule has 3 aromatic rings. The van der Waals surface area contributed by atoms with E-state index < -0.39 is 0 Å². The van der Waals surface area contributed by atoms with Crippen molar-refractivity contribution in [2.24, 2.45) is 0 Å². The zero-order valence-corrected chi connectivity index (χ0v) is 13.3. The predicted octanol–water partition coefficient (Wildman–Crippen LogP) is 5.98. The van der Waals surface area contributed by atoms with E-state index in [-0.39, 0.29) is 11.9 Å². The number of thiophene rings is 1. The van der Waals surface area contributed by atoms with Crippen molar-refractivity contribution < 1.29 is 4.39 Å². The third kappa shape index (κ3) is 2.72. The molecule has 1 nitrogen and oxygen atoms in total. The van der Waals surface area contributed by atoms with E-state index in [1.807, 2.05) is 19.1 Å². The molecule has 4 heteroatoms. The molecule has 2 aromatic carbocycles. The summed E-state index contributed by atoms with van der Waals surface area (Å²) in [5.41, 5.74) is 1.66. The third-order valence-corrected chi connectivity index (χ3v) is 4.65. The number of benzene rings is 2. The van der Waals surface area contributed by atoms with Crippen LogP contribution < -0.4 is 5.32 Å². The molecule has 1 atom stereocenters. The van der Waals surface area contributed by atoms with E-state index in [1.165, 1.54) is 16.2 Å². The van der Waals surface area contributed by atoms with Crippen molar-refractivity contribution in [1.82, 2.24) is 0 Å². The first-order valence-electron chi connectivity index (χ1n) is 6.32. The second-order valence-corrected chi connectivity index (χ2v) is 6.57. The molecule has 0 saturated carbocycles. The van der Waals surface area contributed by atoms with E-state index >= 15 is 0 Å². The van der Waals surface area contributed by atoms with Crippen molar-refractivity contribution in [3.63, 3.8) is 0 Å². The third-order valence-electron chi connectivity index (χ3n) is 3.26. The van der Waals surface area contributed by atoms with E-state index in [0.29, 0.717) is 5.56 Å². The van der Waals surface area contributed by atoms with Crippen molar-refractivity contribution in [3.05, 3.63) is 63.7 Å². The number of rotatable bonds is 3. The van der Waals surface area contributed by atoms with Crippen LogP contribution in [-0.4, -0.2) is 0 Å². The van der Waals surface area contributed by atoms with Crippen molar-refractivity contribution >= 4 is 43.0 Å². The van der Waals surface area contributed by atoms with Crippen molar-refractivity contribution in [1.29, 1.82) is 0 Å². The normalized spacial score (nSPS) is 12.6. The summed E-state index contributed by atoms with van der Waals surface area (Å²) in [5.74, 6) is -0.190. The summed E-state index contributed by atoms with van der Waals surface area (Å²) in [5, 5.41) is 6.64. The van der Waals surface area contributed by atoms with Gasteiger partial charge in [-0.25, -0.2) is 4.39 Å². The monoisotopic (exact) mass is 349 g/mol. The highest BCUT2D eigenvalue weighted by atomic mass is 79.9. The molecule has 20 heavy (non-hydrogen) atoms. The minimum atomic E-state index is -0.190. The van der Waals surface area contributed by atoms with Gasteiger partial charge >= 0.3 is 0 Å². The molecule has 0 saturated heterocycles. The van der Waals surface area contributed by atoms with Crippen LogP contribution in [0.15, 0.2) is 52.3 Å². The standard InChI is InChI=1S/C16H13BrFNS/c1-10(14-9-12(17)2-4-15(14)18)19-13-3-5-16-11(8-13)6-7-20-16/h2-10,19H,1H3. The Morgan fingerprint density at radius 1 is 1.15 bits per heavy atom. The number of anilines is 1. The minimum Gasteiger partial charge on any atom is -0.378 e. The Bertz CT molecular complexity index is 753. The Kier molecular flexibility index (Phi) is 3.76. The summed E-state index contributed by atoms with van der Waals surface area (Å²) in [6.07, 6.45) is 0. The number of hydrogen-bond donors (Lipinski definition) is 1. The molecular formula is C16H13BrFNS. The van der Waals surface area contributed by atoms with Crippen LogP contribution in [0.25, 0.3) is 10.1 Å². The van der Waals surface area contributed by atoms with E-state index in [1.54, 1.807) is 17.4 Å². The Hall–Kier alpha value is -1.39. The summed E-state index contributed by atoms with van der Waals surface area (Å²) in [7, 11) is 0. The van der Waals surface area contributed by atoms with Gasteiger partial charge in [0.05, 0.1) is 6.04 Å². The highest BCUT2D eigenvalue weighted by molar-refractivity contribution is 9.10. The van der Waals surface area contributed by atoms with Gasteiger partial charge in [-0.05, 0) is 60.2 Å². The molecule has 0 aliphatic heterocycles. The molecule has 0 aliphatic rings. The first-order chi connectivity index (χ1) is 9.63. The lowest BCUT2D eigenvalue weighted by Gasteiger charge is -2.17. The molecular weight excluding hydrogens is 337 g/mol. The van der Waals surface area contributed by atoms with Crippen LogP contribution in [0.2, 0.25) is 0 Å². The second kappa shape index (κ2) is 5.54. The van der Waals surface area contributed by atoms with Crippen LogP contribution >= 0.6 is 27.3 Å². The SMILES string of the molecule is CC(Nc1ccc2sccc2c1)c1cc(Br)ccc1F. The van der Waals surface area contributed by atoms with Crippen LogP contribution in [-0.2, 0) is 0 Å². The molecule has 1 N–H and O–H groups in total. The maximum Gasteiger partial charge on any atom is 0.128 e. The van der Waals surface area contributed by atoms with Crippen LogP contribution in [0, 0.1) is 5.82 Å². The minimum absolute atomic E-state index is 0.0939. The van der Waals surface area contributed by atoms with Crippen LogP contribution in [0.1, 0.15) is 18.5 Å². The quantitative estimate of drug-likeness (QED) is 0.613. The maximum absolute atomic E-state index is 13.9. The molecule has 1 heterocycles. The van der Waals surface area contributed by atoms with Gasteiger partial charge in [-0.1, -0.05) is 15.9 Å². The Morgan fingerprint density at radius 2 is 2.00 bits per heavy atom. The molecule has 0 aliphatic carbocycles. The van der Waals surface area contributed by atoms with Crippen molar-refractivity contribution in [2.45, 2.75) is 13.0 Å². The Labute approximate surface area is 129 Å². The van der Waals surface area contributed by atoms with Crippen LogP contribution in [0.5, 0.6) is 0 Å². The molecule has 0 bridgehead atoms. The first kappa shape index (κ1) is 13.6. The number of fused-ring (bicyclic) bond motifs is 1. The van der Waals surface area contributed by atoms with E-state index in [9.17, 15) is 4.39 Å². The molecule has 1 aromatic heterocycles. The number of nitrogens with one attached hydrogen (secondary N) is 1. The summed E-state index contributed by atoms with van der Waals surface area (Å²) >= 11 is 5.11. The Morgan fingerprint density at radius 3 is 2.85 bits per heavy atom. The zero-order chi connectivity index (χ0) is 14.1. The van der Waals surface area contributed by atoms with Gasteiger partial charge in [-0.15, -0.1) is 11.3 Å². The fourth-order valence-corrected chi connectivity index (χ4v) is 3.38.